The van der Waals surface area contributed by atoms with Crippen molar-refractivity contribution in [3.63, 3.8) is 0 Å². The molecular formula is C17H29N3OS. The van der Waals surface area contributed by atoms with Gasteiger partial charge in [0, 0.05) is 18.8 Å². The number of nitrogens with zero attached hydrogens (tertiary/aromatic N) is 2. The number of hydrogen-bond donors (Lipinski definition) is 1. The highest BCUT2D eigenvalue weighted by atomic mass is 32.2. The fraction of sp³-hybridized carbons (Fsp3) is 0.765. The smallest absolute Gasteiger partial charge is 0.225 e. The van der Waals surface area contributed by atoms with Gasteiger partial charge in [-0.1, -0.05) is 63.6 Å². The van der Waals surface area contributed by atoms with Crippen LogP contribution in [0.1, 0.15) is 64.7 Å². The first-order chi connectivity index (χ1) is 10.8. The maximum absolute atomic E-state index is 12.0. The van der Waals surface area contributed by atoms with Gasteiger partial charge in [-0.2, -0.15) is 0 Å². The summed E-state index contributed by atoms with van der Waals surface area (Å²) in [4.78, 5) is 18.5. The zero-order chi connectivity index (χ0) is 15.6. The minimum Gasteiger partial charge on any atom is -0.356 e. The molecule has 0 spiro atoms. The van der Waals surface area contributed by atoms with Gasteiger partial charge in [0.15, 0.2) is 5.17 Å². The van der Waals surface area contributed by atoms with Gasteiger partial charge in [0.25, 0.3) is 0 Å². The van der Waals surface area contributed by atoms with Crippen LogP contribution in [0.5, 0.6) is 0 Å². The lowest BCUT2D eigenvalue weighted by molar-refractivity contribution is -0.120. The molecule has 0 aromatic heterocycles. The van der Waals surface area contributed by atoms with Crippen LogP contribution in [0.4, 0.5) is 0 Å². The fourth-order valence-electron chi connectivity index (χ4n) is 2.83. The van der Waals surface area contributed by atoms with Gasteiger partial charge in [-0.3, -0.25) is 9.79 Å². The summed E-state index contributed by atoms with van der Waals surface area (Å²) < 4.78 is 0. The predicted octanol–water partition coefficient (Wildman–Crippen LogP) is 3.89. The number of unbranched alkanes of at least 4 members (excludes halogenated alkanes) is 7. The maximum Gasteiger partial charge on any atom is 0.225 e. The Morgan fingerprint density at radius 3 is 2.73 bits per heavy atom. The Balaban J connectivity index is 1.46. The molecule has 4 nitrogen and oxygen atoms in total. The van der Waals surface area contributed by atoms with E-state index in [1.54, 1.807) is 11.8 Å². The lowest BCUT2D eigenvalue weighted by Crippen LogP contribution is -2.29. The van der Waals surface area contributed by atoms with Crippen LogP contribution in [-0.4, -0.2) is 35.6 Å². The molecular weight excluding hydrogens is 294 g/mol. The number of carbonyl (C=O) groups is 1. The van der Waals surface area contributed by atoms with Crippen LogP contribution >= 0.6 is 11.8 Å². The summed E-state index contributed by atoms with van der Waals surface area (Å²) in [5.41, 5.74) is 1.11. The molecule has 2 rings (SSSR count). The van der Waals surface area contributed by atoms with E-state index >= 15 is 0 Å². The van der Waals surface area contributed by atoms with E-state index < -0.39 is 0 Å². The fourth-order valence-corrected chi connectivity index (χ4v) is 3.78. The Morgan fingerprint density at radius 2 is 1.95 bits per heavy atom. The lowest BCUT2D eigenvalue weighted by atomic mass is 10.1. The zero-order valence-electron chi connectivity index (χ0n) is 13.8. The molecule has 0 radical (unpaired) electrons. The molecule has 5 heteroatoms. The van der Waals surface area contributed by atoms with Gasteiger partial charge in [-0.15, -0.1) is 0 Å². The van der Waals surface area contributed by atoms with Gasteiger partial charge in [-0.05, 0) is 11.8 Å². The van der Waals surface area contributed by atoms with Gasteiger partial charge < -0.3 is 10.2 Å². The summed E-state index contributed by atoms with van der Waals surface area (Å²) >= 11 is 1.64. The average molecular weight is 324 g/mol. The summed E-state index contributed by atoms with van der Waals surface area (Å²) in [6, 6.07) is 0. The van der Waals surface area contributed by atoms with E-state index in [9.17, 15) is 4.79 Å². The van der Waals surface area contributed by atoms with Crippen molar-refractivity contribution in [2.75, 3.05) is 19.6 Å². The number of fused-ring (bicyclic) bond motifs is 1. The second kappa shape index (κ2) is 9.93. The third-order valence-corrected chi connectivity index (χ3v) is 5.09. The van der Waals surface area contributed by atoms with Crippen molar-refractivity contribution >= 4 is 22.8 Å². The molecule has 1 N–H and O–H groups in total. The number of hydrogen-bond acceptors (Lipinski definition) is 4. The summed E-state index contributed by atoms with van der Waals surface area (Å²) in [5.74, 6) is 0.142. The summed E-state index contributed by atoms with van der Waals surface area (Å²) in [6.45, 7) is 4.86. The van der Waals surface area contributed by atoms with E-state index in [0.717, 1.165) is 36.9 Å². The molecule has 124 valence electrons. The highest BCUT2D eigenvalue weighted by molar-refractivity contribution is 8.16. The Morgan fingerprint density at radius 1 is 1.23 bits per heavy atom. The van der Waals surface area contributed by atoms with Crippen molar-refractivity contribution in [2.24, 2.45) is 4.99 Å². The maximum atomic E-state index is 12.0. The molecule has 0 fully saturated rings. The van der Waals surface area contributed by atoms with Gasteiger partial charge in [0.05, 0.1) is 13.0 Å². The quantitative estimate of drug-likeness (QED) is 0.587. The van der Waals surface area contributed by atoms with Crippen molar-refractivity contribution in [1.82, 2.24) is 10.2 Å². The van der Waals surface area contributed by atoms with Crippen molar-refractivity contribution in [2.45, 2.75) is 64.7 Å². The van der Waals surface area contributed by atoms with E-state index in [-0.39, 0.29) is 5.91 Å². The van der Waals surface area contributed by atoms with Crippen LogP contribution in [0.25, 0.3) is 0 Å². The monoisotopic (exact) mass is 323 g/mol. The topological polar surface area (TPSA) is 44.7 Å². The SMILES string of the molecule is CCCCCCCCCCNC(=O)CC1=CSC2=NCCN12. The van der Waals surface area contributed by atoms with Gasteiger partial charge in [-0.25, -0.2) is 0 Å². The molecule has 0 aliphatic carbocycles. The first-order valence-corrected chi connectivity index (χ1v) is 9.63. The number of carbonyl (C=O) groups excluding carboxylic acids is 1. The van der Waals surface area contributed by atoms with Crippen molar-refractivity contribution in [3.05, 3.63) is 11.1 Å². The number of nitrogens with one attached hydrogen (secondary N) is 1. The number of amidine groups is 1. The van der Waals surface area contributed by atoms with E-state index in [4.69, 9.17) is 0 Å². The zero-order valence-corrected chi connectivity index (χ0v) is 14.6. The highest BCUT2D eigenvalue weighted by Gasteiger charge is 2.27. The van der Waals surface area contributed by atoms with E-state index in [2.05, 4.69) is 27.5 Å². The predicted molar refractivity (Wildman–Crippen MR) is 94.9 cm³/mol. The molecule has 22 heavy (non-hydrogen) atoms. The minimum absolute atomic E-state index is 0.142. The molecule has 0 unspecified atom stereocenters. The Labute approximate surface area is 138 Å². The molecule has 2 heterocycles. The van der Waals surface area contributed by atoms with Gasteiger partial charge in [0.1, 0.15) is 0 Å². The molecule has 0 aromatic carbocycles. The normalized spacial score (nSPS) is 16.5. The second-order valence-electron chi connectivity index (χ2n) is 6.04. The number of aliphatic imine (C=N–C) groups is 1. The van der Waals surface area contributed by atoms with Crippen LogP contribution < -0.4 is 5.32 Å². The Hall–Kier alpha value is -0.970. The molecule has 1 amide bonds. The number of thioether (sulfide) groups is 1. The van der Waals surface area contributed by atoms with E-state index in [1.807, 2.05) is 0 Å². The largest absolute Gasteiger partial charge is 0.356 e. The third-order valence-electron chi connectivity index (χ3n) is 4.14. The highest BCUT2D eigenvalue weighted by Crippen LogP contribution is 2.30. The molecule has 0 bridgehead atoms. The minimum atomic E-state index is 0.142. The third kappa shape index (κ3) is 5.67. The first-order valence-electron chi connectivity index (χ1n) is 8.75. The van der Waals surface area contributed by atoms with Gasteiger partial charge >= 0.3 is 0 Å². The number of amides is 1. The van der Waals surface area contributed by atoms with Crippen LogP contribution in [0.2, 0.25) is 0 Å². The van der Waals surface area contributed by atoms with Crippen LogP contribution in [-0.2, 0) is 4.79 Å². The van der Waals surface area contributed by atoms with Crippen molar-refractivity contribution < 1.29 is 4.79 Å². The summed E-state index contributed by atoms with van der Waals surface area (Å²) in [5, 5.41) is 6.17. The summed E-state index contributed by atoms with van der Waals surface area (Å²) in [7, 11) is 0. The molecule has 0 saturated carbocycles. The average Bonchev–Trinajstić information content (AvgIpc) is 3.11. The van der Waals surface area contributed by atoms with Crippen LogP contribution in [0.3, 0.4) is 0 Å². The molecule has 0 aromatic rings. The Bertz CT molecular complexity index is 420. The van der Waals surface area contributed by atoms with Crippen LogP contribution in [0, 0.1) is 0 Å². The van der Waals surface area contributed by atoms with Crippen LogP contribution in [0.15, 0.2) is 16.1 Å². The number of rotatable bonds is 11. The first kappa shape index (κ1) is 17.4. The van der Waals surface area contributed by atoms with E-state index in [0.29, 0.717) is 6.42 Å². The molecule has 2 aliphatic heterocycles. The molecule has 0 saturated heterocycles. The van der Waals surface area contributed by atoms with Gasteiger partial charge in [0.2, 0.25) is 5.91 Å². The van der Waals surface area contributed by atoms with Crippen molar-refractivity contribution in [3.8, 4) is 0 Å². The molecule has 0 atom stereocenters. The lowest BCUT2D eigenvalue weighted by Gasteiger charge is -2.16. The molecule has 2 aliphatic rings. The standard InChI is InChI=1S/C17H29N3OS/c1-2-3-4-5-6-7-8-9-10-18-16(21)13-15-14-22-17-19-11-12-20(15)17/h14H,2-13H2,1H3,(H,18,21). The Kier molecular flexibility index (Phi) is 7.85. The summed E-state index contributed by atoms with van der Waals surface area (Å²) in [6.07, 6.45) is 10.9. The van der Waals surface area contributed by atoms with Crippen molar-refractivity contribution in [1.29, 1.82) is 0 Å². The second-order valence-corrected chi connectivity index (χ2v) is 6.88. The van der Waals surface area contributed by atoms with E-state index in [1.165, 1.54) is 44.9 Å².